The van der Waals surface area contributed by atoms with Crippen molar-refractivity contribution in [2.75, 3.05) is 25.2 Å². The van der Waals surface area contributed by atoms with Crippen LogP contribution in [0.25, 0.3) is 0 Å². The average Bonchev–Trinajstić information content (AvgIpc) is 2.29. The van der Waals surface area contributed by atoms with Crippen molar-refractivity contribution in [2.24, 2.45) is 4.99 Å². The maximum atomic E-state index is 7.35. The average molecular weight is 192 g/mol. The molecule has 1 aliphatic heterocycles. The van der Waals surface area contributed by atoms with Gasteiger partial charge in [0, 0.05) is 16.8 Å². The lowest BCUT2D eigenvalue weighted by Gasteiger charge is -2.30. The molecule has 1 aliphatic rings. The van der Waals surface area contributed by atoms with Gasteiger partial charge in [0.05, 0.1) is 13.0 Å². The van der Waals surface area contributed by atoms with Crippen molar-refractivity contribution in [3.8, 4) is 0 Å². The zero-order valence-electron chi connectivity index (χ0n) is 11.1. The van der Waals surface area contributed by atoms with E-state index in [-0.39, 0.29) is 0 Å². The summed E-state index contributed by atoms with van der Waals surface area (Å²) in [6.07, 6.45) is 1.40. The van der Waals surface area contributed by atoms with Crippen LogP contribution in [-0.4, -0.2) is 31.6 Å². The second-order valence-electron chi connectivity index (χ2n) is 3.43. The fraction of sp³-hybridized carbons (Fsp3) is 0.364. The summed E-state index contributed by atoms with van der Waals surface area (Å²) >= 11 is 0. The van der Waals surface area contributed by atoms with Crippen molar-refractivity contribution in [1.82, 2.24) is 4.90 Å². The number of anilines is 1. The maximum Gasteiger partial charge on any atom is 0.113 e. The Bertz CT molecular complexity index is 411. The van der Waals surface area contributed by atoms with Gasteiger partial charge in [0.2, 0.25) is 0 Å². The minimum atomic E-state index is -2.13. The van der Waals surface area contributed by atoms with Crippen LogP contribution in [0.15, 0.2) is 29.3 Å². The molecule has 0 amide bonds. The van der Waals surface area contributed by atoms with E-state index in [1.54, 1.807) is 0 Å². The van der Waals surface area contributed by atoms with Crippen LogP contribution in [0.1, 0.15) is 9.68 Å². The van der Waals surface area contributed by atoms with Crippen LogP contribution < -0.4 is 4.90 Å². The van der Waals surface area contributed by atoms with E-state index >= 15 is 0 Å². The summed E-state index contributed by atoms with van der Waals surface area (Å²) < 4.78 is 22.1. The molecule has 0 aliphatic carbocycles. The Morgan fingerprint density at radius 2 is 2.14 bits per heavy atom. The first-order valence-electron chi connectivity index (χ1n) is 6.05. The van der Waals surface area contributed by atoms with Gasteiger partial charge in [-0.1, -0.05) is 17.7 Å². The number of hydrogen-bond donors (Lipinski definition) is 0. The standard InChI is InChI=1S/C11H15N3/c1-10-3-5-11(6-4-10)14-8-12-7-13(2)9-14/h3-7H,8-9H2,1-2H3/i2D3. The Hall–Kier alpha value is -1.51. The number of aliphatic imine (C=N–C) groups is 1. The third-order valence-electron chi connectivity index (χ3n) is 2.20. The van der Waals surface area contributed by atoms with Gasteiger partial charge < -0.3 is 9.80 Å². The smallest absolute Gasteiger partial charge is 0.113 e. The van der Waals surface area contributed by atoms with Crippen molar-refractivity contribution in [2.45, 2.75) is 6.92 Å². The SMILES string of the molecule is [2H]C([2H])([2H])N1C=NCN(c2ccc(C)cc2)C1. The summed E-state index contributed by atoms with van der Waals surface area (Å²) in [6.45, 7) is 0.721. The highest BCUT2D eigenvalue weighted by Gasteiger charge is 2.09. The quantitative estimate of drug-likeness (QED) is 0.674. The minimum Gasteiger partial charge on any atom is -0.348 e. The van der Waals surface area contributed by atoms with E-state index in [1.165, 1.54) is 16.8 Å². The molecule has 0 saturated heterocycles. The van der Waals surface area contributed by atoms with Crippen molar-refractivity contribution < 1.29 is 4.11 Å². The molecule has 1 heterocycles. The second-order valence-corrected chi connectivity index (χ2v) is 3.43. The number of benzene rings is 1. The number of nitrogens with zero attached hydrogens (tertiary/aromatic N) is 3. The van der Waals surface area contributed by atoms with Gasteiger partial charge in [-0.2, -0.15) is 0 Å². The monoisotopic (exact) mass is 192 g/mol. The van der Waals surface area contributed by atoms with E-state index in [0.717, 1.165) is 5.69 Å². The molecule has 0 N–H and O–H groups in total. The van der Waals surface area contributed by atoms with Crippen molar-refractivity contribution in [3.05, 3.63) is 29.8 Å². The van der Waals surface area contributed by atoms with E-state index < -0.39 is 6.98 Å². The molecule has 1 aromatic carbocycles. The van der Waals surface area contributed by atoms with Gasteiger partial charge in [-0.15, -0.1) is 0 Å². The van der Waals surface area contributed by atoms with Crippen LogP contribution >= 0.6 is 0 Å². The lowest BCUT2D eigenvalue weighted by atomic mass is 10.2. The topological polar surface area (TPSA) is 18.8 Å². The lowest BCUT2D eigenvalue weighted by Crippen LogP contribution is -2.39. The highest BCUT2D eigenvalue weighted by Crippen LogP contribution is 2.16. The van der Waals surface area contributed by atoms with Gasteiger partial charge in [-0.05, 0) is 19.1 Å². The number of rotatable bonds is 1. The molecular formula is C11H15N3. The van der Waals surface area contributed by atoms with E-state index in [2.05, 4.69) is 4.99 Å². The normalized spacial score (nSPS) is 20.2. The van der Waals surface area contributed by atoms with Gasteiger partial charge in [-0.3, -0.25) is 4.99 Å². The summed E-state index contributed by atoms with van der Waals surface area (Å²) in [7, 11) is 0. The molecular weight excluding hydrogens is 174 g/mol. The van der Waals surface area contributed by atoms with Crippen molar-refractivity contribution in [1.29, 1.82) is 0 Å². The van der Waals surface area contributed by atoms with Crippen molar-refractivity contribution >= 4 is 12.0 Å². The third-order valence-corrected chi connectivity index (χ3v) is 2.20. The zero-order chi connectivity index (χ0) is 12.5. The number of hydrogen-bond acceptors (Lipinski definition) is 3. The largest absolute Gasteiger partial charge is 0.348 e. The molecule has 74 valence electrons. The van der Waals surface area contributed by atoms with Crippen molar-refractivity contribution in [3.63, 3.8) is 0 Å². The molecule has 0 atom stereocenters. The van der Waals surface area contributed by atoms with Gasteiger partial charge in [0.25, 0.3) is 0 Å². The predicted molar refractivity (Wildman–Crippen MR) is 59.6 cm³/mol. The van der Waals surface area contributed by atoms with Crippen LogP contribution in [0.3, 0.4) is 0 Å². The summed E-state index contributed by atoms with van der Waals surface area (Å²) in [5.41, 5.74) is 2.17. The van der Waals surface area contributed by atoms with E-state index in [4.69, 9.17) is 4.11 Å². The number of aryl methyl sites for hydroxylation is 1. The van der Waals surface area contributed by atoms with Gasteiger partial charge >= 0.3 is 0 Å². The third kappa shape index (κ3) is 1.87. The molecule has 3 nitrogen and oxygen atoms in total. The van der Waals surface area contributed by atoms with Crippen LogP contribution in [0.4, 0.5) is 5.69 Å². The van der Waals surface area contributed by atoms with Crippen LogP contribution in [0.5, 0.6) is 0 Å². The summed E-state index contributed by atoms with van der Waals surface area (Å²) in [6, 6.07) is 7.97. The zero-order valence-corrected chi connectivity index (χ0v) is 8.14. The summed E-state index contributed by atoms with van der Waals surface area (Å²) in [5.74, 6) is 0. The molecule has 0 radical (unpaired) electrons. The molecule has 0 bridgehead atoms. The highest BCUT2D eigenvalue weighted by atomic mass is 15.4. The van der Waals surface area contributed by atoms with E-state index in [1.807, 2.05) is 36.1 Å². The lowest BCUT2D eigenvalue weighted by molar-refractivity contribution is 0.481. The maximum absolute atomic E-state index is 7.35. The first-order chi connectivity index (χ1) is 7.97. The van der Waals surface area contributed by atoms with Crippen LogP contribution in [-0.2, 0) is 0 Å². The van der Waals surface area contributed by atoms with Gasteiger partial charge in [0.1, 0.15) is 6.67 Å². The fourth-order valence-electron chi connectivity index (χ4n) is 1.42. The molecule has 3 heteroatoms. The van der Waals surface area contributed by atoms with Gasteiger partial charge in [0.15, 0.2) is 0 Å². The molecule has 1 aromatic rings. The molecule has 0 aromatic heterocycles. The Balaban J connectivity index is 2.14. The Kier molecular flexibility index (Phi) is 1.60. The summed E-state index contributed by atoms with van der Waals surface area (Å²) in [4.78, 5) is 7.25. The first kappa shape index (κ1) is 6.06. The Labute approximate surface area is 88.9 Å². The van der Waals surface area contributed by atoms with Crippen LogP contribution in [0.2, 0.25) is 0 Å². The fourth-order valence-corrected chi connectivity index (χ4v) is 1.42. The Morgan fingerprint density at radius 1 is 1.36 bits per heavy atom. The molecule has 0 saturated carbocycles. The molecule has 2 rings (SSSR count). The molecule has 14 heavy (non-hydrogen) atoms. The Morgan fingerprint density at radius 3 is 2.86 bits per heavy atom. The molecule has 0 spiro atoms. The molecule has 0 fully saturated rings. The van der Waals surface area contributed by atoms with E-state index in [9.17, 15) is 0 Å². The predicted octanol–water partition coefficient (Wildman–Crippen LogP) is 1.69. The highest BCUT2D eigenvalue weighted by molar-refractivity contribution is 5.59. The first-order valence-corrected chi connectivity index (χ1v) is 4.55. The summed E-state index contributed by atoms with van der Waals surface area (Å²) in [5, 5.41) is 0. The minimum absolute atomic E-state index is 0.336. The van der Waals surface area contributed by atoms with E-state index in [0.29, 0.717) is 13.3 Å². The molecule has 0 unspecified atom stereocenters. The van der Waals surface area contributed by atoms with Gasteiger partial charge in [-0.25, -0.2) is 0 Å². The second kappa shape index (κ2) is 3.70. The van der Waals surface area contributed by atoms with Crippen LogP contribution in [0, 0.1) is 6.92 Å².